The first-order chi connectivity index (χ1) is 3.97. The molecule has 0 nitrogen and oxygen atoms in total. The molecule has 2 aliphatic rings. The van der Waals surface area contributed by atoms with E-state index in [-0.39, 0.29) is 0 Å². The molecule has 2 aliphatic carbocycles. The second kappa shape index (κ2) is 1.48. The van der Waals surface area contributed by atoms with E-state index in [1.54, 1.807) is 11.1 Å². The zero-order valence-corrected chi connectivity index (χ0v) is 4.98. The highest BCUT2D eigenvalue weighted by Gasteiger charge is 2.18. The van der Waals surface area contributed by atoms with Gasteiger partial charge in [0.05, 0.1) is 0 Å². The Morgan fingerprint density at radius 2 is 2.38 bits per heavy atom. The number of rotatable bonds is 0. The fourth-order valence-corrected chi connectivity index (χ4v) is 1.27. The number of allylic oxidation sites excluding steroid dienone is 4. The van der Waals surface area contributed by atoms with E-state index in [2.05, 4.69) is 12.2 Å². The zero-order chi connectivity index (χ0) is 5.40. The maximum absolute atomic E-state index is 2.30. The van der Waals surface area contributed by atoms with Crippen LogP contribution < -0.4 is 0 Å². The van der Waals surface area contributed by atoms with E-state index in [1.165, 1.54) is 25.7 Å². The molecule has 0 spiro atoms. The lowest BCUT2D eigenvalue weighted by Crippen LogP contribution is -1.68. The van der Waals surface area contributed by atoms with Gasteiger partial charge in [0.2, 0.25) is 0 Å². The van der Waals surface area contributed by atoms with E-state index in [1.807, 2.05) is 0 Å². The Morgan fingerprint density at radius 1 is 1.38 bits per heavy atom. The molecule has 42 valence electrons. The molecule has 0 aromatic rings. The van der Waals surface area contributed by atoms with Crippen molar-refractivity contribution in [3.05, 3.63) is 23.3 Å². The van der Waals surface area contributed by atoms with Crippen LogP contribution in [0.25, 0.3) is 0 Å². The van der Waals surface area contributed by atoms with Gasteiger partial charge in [-0.3, -0.25) is 0 Å². The summed E-state index contributed by atoms with van der Waals surface area (Å²) >= 11 is 0. The Hall–Kier alpha value is -0.520. The largest absolute Gasteiger partial charge is 0.0842 e. The summed E-state index contributed by atoms with van der Waals surface area (Å²) in [5, 5.41) is 0. The van der Waals surface area contributed by atoms with Crippen LogP contribution in [-0.4, -0.2) is 0 Å². The summed E-state index contributed by atoms with van der Waals surface area (Å²) < 4.78 is 0. The highest BCUT2D eigenvalue weighted by Crippen LogP contribution is 2.37. The van der Waals surface area contributed by atoms with Crippen LogP contribution in [0.3, 0.4) is 0 Å². The van der Waals surface area contributed by atoms with Crippen LogP contribution in [0.4, 0.5) is 0 Å². The number of hydrogen-bond acceptors (Lipinski definition) is 0. The highest BCUT2D eigenvalue weighted by atomic mass is 14.2. The summed E-state index contributed by atoms with van der Waals surface area (Å²) in [6.45, 7) is 0. The molecule has 0 amide bonds. The van der Waals surface area contributed by atoms with Gasteiger partial charge < -0.3 is 0 Å². The lowest BCUT2D eigenvalue weighted by molar-refractivity contribution is 0.849. The van der Waals surface area contributed by atoms with E-state index >= 15 is 0 Å². The normalized spacial score (nSPS) is 25.0. The second-order valence-electron chi connectivity index (χ2n) is 2.60. The van der Waals surface area contributed by atoms with Crippen LogP contribution in [0.2, 0.25) is 0 Å². The highest BCUT2D eigenvalue weighted by molar-refractivity contribution is 5.44. The zero-order valence-electron chi connectivity index (χ0n) is 4.98. The first-order valence-corrected chi connectivity index (χ1v) is 3.34. The van der Waals surface area contributed by atoms with Crippen LogP contribution in [0.5, 0.6) is 0 Å². The fourth-order valence-electron chi connectivity index (χ4n) is 1.27. The van der Waals surface area contributed by atoms with Crippen LogP contribution in [0.1, 0.15) is 25.7 Å². The fraction of sp³-hybridized carbons (Fsp3) is 0.500. The molecule has 0 N–H and O–H groups in total. The van der Waals surface area contributed by atoms with Crippen molar-refractivity contribution >= 4 is 0 Å². The first-order valence-electron chi connectivity index (χ1n) is 3.34. The molecule has 0 unspecified atom stereocenters. The van der Waals surface area contributed by atoms with Gasteiger partial charge in [0.25, 0.3) is 0 Å². The van der Waals surface area contributed by atoms with E-state index in [0.717, 1.165) is 0 Å². The summed E-state index contributed by atoms with van der Waals surface area (Å²) in [5.74, 6) is 0. The second-order valence-corrected chi connectivity index (χ2v) is 2.60. The summed E-state index contributed by atoms with van der Waals surface area (Å²) in [7, 11) is 0. The van der Waals surface area contributed by atoms with Crippen molar-refractivity contribution in [2.24, 2.45) is 0 Å². The van der Waals surface area contributed by atoms with Gasteiger partial charge in [0.1, 0.15) is 0 Å². The smallest absolute Gasteiger partial charge is 0.00616 e. The lowest BCUT2D eigenvalue weighted by Gasteiger charge is -1.87. The van der Waals surface area contributed by atoms with Crippen molar-refractivity contribution in [3.63, 3.8) is 0 Å². The maximum Gasteiger partial charge on any atom is -0.00616 e. The Kier molecular flexibility index (Phi) is 0.806. The van der Waals surface area contributed by atoms with Gasteiger partial charge in [-0.2, -0.15) is 0 Å². The van der Waals surface area contributed by atoms with Crippen molar-refractivity contribution in [1.29, 1.82) is 0 Å². The summed E-state index contributed by atoms with van der Waals surface area (Å²) in [4.78, 5) is 0. The quantitative estimate of drug-likeness (QED) is 0.445. The monoisotopic (exact) mass is 106 g/mol. The third-order valence-corrected chi connectivity index (χ3v) is 1.90. The molecule has 0 bridgehead atoms. The van der Waals surface area contributed by atoms with Crippen molar-refractivity contribution < 1.29 is 0 Å². The van der Waals surface area contributed by atoms with Gasteiger partial charge in [-0.25, -0.2) is 0 Å². The Morgan fingerprint density at radius 3 is 3.38 bits per heavy atom. The van der Waals surface area contributed by atoms with Crippen molar-refractivity contribution in [2.75, 3.05) is 0 Å². The molecular formula is C8H10. The van der Waals surface area contributed by atoms with Gasteiger partial charge >= 0.3 is 0 Å². The van der Waals surface area contributed by atoms with Gasteiger partial charge in [0.15, 0.2) is 0 Å². The average molecular weight is 106 g/mol. The number of hydrogen-bond donors (Lipinski definition) is 0. The van der Waals surface area contributed by atoms with E-state index < -0.39 is 0 Å². The molecule has 0 heteroatoms. The third kappa shape index (κ3) is 0.605. The Labute approximate surface area is 49.9 Å². The molecule has 0 saturated heterocycles. The van der Waals surface area contributed by atoms with Crippen molar-refractivity contribution in [3.8, 4) is 0 Å². The molecule has 0 aromatic carbocycles. The topological polar surface area (TPSA) is 0 Å². The van der Waals surface area contributed by atoms with E-state index in [0.29, 0.717) is 0 Å². The molecule has 2 rings (SSSR count). The van der Waals surface area contributed by atoms with E-state index in [4.69, 9.17) is 0 Å². The average Bonchev–Trinajstić information content (AvgIpc) is 2.36. The van der Waals surface area contributed by atoms with Gasteiger partial charge in [-0.1, -0.05) is 17.7 Å². The molecule has 0 radical (unpaired) electrons. The minimum atomic E-state index is 1.30. The minimum absolute atomic E-state index is 1.30. The third-order valence-electron chi connectivity index (χ3n) is 1.90. The predicted octanol–water partition coefficient (Wildman–Crippen LogP) is 2.43. The SMILES string of the molecule is C1=CC2=C(CCC1)C2. The molecule has 8 heavy (non-hydrogen) atoms. The summed E-state index contributed by atoms with van der Waals surface area (Å²) in [6, 6.07) is 0. The molecule has 0 atom stereocenters. The maximum atomic E-state index is 2.30. The molecule has 0 aliphatic heterocycles. The van der Waals surface area contributed by atoms with Crippen molar-refractivity contribution in [2.45, 2.75) is 25.7 Å². The first kappa shape index (κ1) is 4.37. The minimum Gasteiger partial charge on any atom is -0.0842 e. The van der Waals surface area contributed by atoms with E-state index in [9.17, 15) is 0 Å². The molecule has 0 heterocycles. The summed E-state index contributed by atoms with van der Waals surface area (Å²) in [5.41, 5.74) is 3.35. The predicted molar refractivity (Wildman–Crippen MR) is 34.6 cm³/mol. The van der Waals surface area contributed by atoms with Crippen molar-refractivity contribution in [1.82, 2.24) is 0 Å². The van der Waals surface area contributed by atoms with Crippen LogP contribution in [0.15, 0.2) is 23.3 Å². The molecule has 0 fully saturated rings. The molecule has 0 aromatic heterocycles. The van der Waals surface area contributed by atoms with Crippen LogP contribution in [-0.2, 0) is 0 Å². The van der Waals surface area contributed by atoms with Gasteiger partial charge in [0, 0.05) is 0 Å². The van der Waals surface area contributed by atoms with Gasteiger partial charge in [-0.05, 0) is 31.3 Å². The standard InChI is InChI=1S/C8H10/c1-2-4-7-6-8(7)5-3-1/h2,4H,1,3,5-6H2. The summed E-state index contributed by atoms with van der Waals surface area (Å²) in [6.07, 6.45) is 9.98. The van der Waals surface area contributed by atoms with Crippen LogP contribution >= 0.6 is 0 Å². The van der Waals surface area contributed by atoms with Crippen LogP contribution in [0, 0.1) is 0 Å². The molecular weight excluding hydrogens is 96.1 g/mol. The lowest BCUT2D eigenvalue weighted by atomic mass is 10.2. The Balaban J connectivity index is 2.18. The van der Waals surface area contributed by atoms with Gasteiger partial charge in [-0.15, -0.1) is 0 Å². The Bertz CT molecular complexity index is 161. The molecule has 0 saturated carbocycles.